The molecule has 2 rings (SSSR count). The van der Waals surface area contributed by atoms with Crippen LogP contribution in [0.25, 0.3) is 0 Å². The number of carbonyl (C=O) groups is 2. The lowest BCUT2D eigenvalue weighted by molar-refractivity contribution is -0.140. The Hall–Kier alpha value is -1.84. The van der Waals surface area contributed by atoms with Crippen molar-refractivity contribution in [1.82, 2.24) is 5.32 Å². The normalized spacial score (nSPS) is 22.9. The molecule has 1 aromatic rings. The molecule has 0 saturated heterocycles. The maximum atomic E-state index is 12.0. The molecule has 1 saturated carbocycles. The molecule has 1 aromatic carbocycles. The molecule has 3 atom stereocenters. The fourth-order valence-electron chi connectivity index (χ4n) is 2.38. The molecule has 0 aromatic heterocycles. The van der Waals surface area contributed by atoms with Crippen LogP contribution in [0.15, 0.2) is 30.3 Å². The van der Waals surface area contributed by atoms with Crippen LogP contribution in [0.3, 0.4) is 0 Å². The topological polar surface area (TPSA) is 66.4 Å². The zero-order chi connectivity index (χ0) is 14.9. The highest BCUT2D eigenvalue weighted by Crippen LogP contribution is 2.39. The van der Waals surface area contributed by atoms with Crippen molar-refractivity contribution in [3.63, 3.8) is 0 Å². The van der Waals surface area contributed by atoms with E-state index in [9.17, 15) is 9.59 Å². The summed E-state index contributed by atoms with van der Waals surface area (Å²) < 4.78 is 0. The van der Waals surface area contributed by atoms with E-state index in [1.165, 1.54) is 0 Å². The summed E-state index contributed by atoms with van der Waals surface area (Å²) >= 11 is 0. The summed E-state index contributed by atoms with van der Waals surface area (Å²) in [5.74, 6) is -1.88. The first-order valence-corrected chi connectivity index (χ1v) is 6.92. The Morgan fingerprint density at radius 1 is 1.25 bits per heavy atom. The van der Waals surface area contributed by atoms with Gasteiger partial charge in [-0.3, -0.25) is 9.59 Å². The average Bonchev–Trinajstić information content (AvgIpc) is 3.20. The Bertz CT molecular complexity index is 510. The highest BCUT2D eigenvalue weighted by Gasteiger charge is 2.49. The molecular formula is C16H21NO3. The van der Waals surface area contributed by atoms with E-state index in [1.54, 1.807) is 0 Å². The summed E-state index contributed by atoms with van der Waals surface area (Å²) in [6, 6.07) is 9.94. The third-order valence-electron chi connectivity index (χ3n) is 4.40. The molecule has 0 radical (unpaired) electrons. The fraction of sp³-hybridized carbons (Fsp3) is 0.500. The predicted molar refractivity (Wildman–Crippen MR) is 76.3 cm³/mol. The Labute approximate surface area is 119 Å². The first-order valence-electron chi connectivity index (χ1n) is 6.92. The van der Waals surface area contributed by atoms with Crippen molar-refractivity contribution in [2.75, 3.05) is 0 Å². The van der Waals surface area contributed by atoms with Crippen LogP contribution >= 0.6 is 0 Å². The fourth-order valence-corrected chi connectivity index (χ4v) is 2.38. The Kier molecular flexibility index (Phi) is 3.84. The van der Waals surface area contributed by atoms with Crippen molar-refractivity contribution >= 4 is 11.9 Å². The molecule has 20 heavy (non-hydrogen) atoms. The summed E-state index contributed by atoms with van der Waals surface area (Å²) in [6.45, 7) is 6.12. The first-order chi connectivity index (χ1) is 9.34. The second kappa shape index (κ2) is 5.27. The molecule has 2 N–H and O–H groups in total. The van der Waals surface area contributed by atoms with Gasteiger partial charge in [0.25, 0.3) is 0 Å². The molecule has 1 amide bonds. The van der Waals surface area contributed by atoms with Gasteiger partial charge in [-0.2, -0.15) is 0 Å². The van der Waals surface area contributed by atoms with E-state index >= 15 is 0 Å². The van der Waals surface area contributed by atoms with Crippen molar-refractivity contribution in [3.05, 3.63) is 35.9 Å². The molecule has 3 unspecified atom stereocenters. The molecule has 1 aliphatic carbocycles. The van der Waals surface area contributed by atoms with E-state index in [1.807, 2.05) is 37.3 Å². The number of aliphatic carboxylic acids is 1. The van der Waals surface area contributed by atoms with E-state index in [-0.39, 0.29) is 23.3 Å². The first kappa shape index (κ1) is 14.6. The van der Waals surface area contributed by atoms with Crippen molar-refractivity contribution in [1.29, 1.82) is 0 Å². The van der Waals surface area contributed by atoms with Gasteiger partial charge < -0.3 is 10.4 Å². The van der Waals surface area contributed by atoms with Crippen molar-refractivity contribution < 1.29 is 14.7 Å². The number of rotatable bonds is 5. The lowest BCUT2D eigenvalue weighted by Crippen LogP contribution is -2.46. The number of carboxylic acids is 1. The Morgan fingerprint density at radius 3 is 2.35 bits per heavy atom. The van der Waals surface area contributed by atoms with Crippen LogP contribution in [0, 0.1) is 11.8 Å². The van der Waals surface area contributed by atoms with Crippen molar-refractivity contribution in [2.45, 2.75) is 38.6 Å². The Morgan fingerprint density at radius 2 is 1.85 bits per heavy atom. The third kappa shape index (κ3) is 2.84. The summed E-state index contributed by atoms with van der Waals surface area (Å²) in [4.78, 5) is 22.8. The average molecular weight is 275 g/mol. The van der Waals surface area contributed by atoms with Crippen LogP contribution in [0.4, 0.5) is 0 Å². The van der Waals surface area contributed by atoms with Gasteiger partial charge in [-0.25, -0.2) is 0 Å². The third-order valence-corrected chi connectivity index (χ3v) is 4.40. The van der Waals surface area contributed by atoms with Gasteiger partial charge in [-0.15, -0.1) is 0 Å². The molecular weight excluding hydrogens is 254 g/mol. The summed E-state index contributed by atoms with van der Waals surface area (Å²) in [5.41, 5.74) is 0.947. The van der Waals surface area contributed by atoms with Gasteiger partial charge in [0.2, 0.25) is 5.91 Å². The van der Waals surface area contributed by atoms with Gasteiger partial charge in [0, 0.05) is 11.5 Å². The molecule has 1 fully saturated rings. The van der Waals surface area contributed by atoms with E-state index < -0.39 is 11.9 Å². The summed E-state index contributed by atoms with van der Waals surface area (Å²) in [7, 11) is 0. The van der Waals surface area contributed by atoms with Crippen LogP contribution in [0.2, 0.25) is 0 Å². The minimum Gasteiger partial charge on any atom is -0.481 e. The second-order valence-electron chi connectivity index (χ2n) is 6.10. The molecule has 0 aliphatic heterocycles. The monoisotopic (exact) mass is 275 g/mol. The van der Waals surface area contributed by atoms with Crippen LogP contribution in [-0.2, 0) is 15.0 Å². The SMILES string of the molecule is CC(NC(=O)C1CC1C(=O)O)C(C)(C)c1ccccc1. The number of hydrogen-bond donors (Lipinski definition) is 2. The van der Waals surface area contributed by atoms with Crippen LogP contribution in [0.1, 0.15) is 32.8 Å². The molecule has 0 heterocycles. The highest BCUT2D eigenvalue weighted by molar-refractivity contribution is 5.89. The molecule has 4 heteroatoms. The largest absolute Gasteiger partial charge is 0.481 e. The van der Waals surface area contributed by atoms with Gasteiger partial charge in [-0.05, 0) is 18.9 Å². The predicted octanol–water partition coefficient (Wildman–Crippen LogP) is 2.19. The summed E-state index contributed by atoms with van der Waals surface area (Å²) in [6.07, 6.45) is 0.458. The molecule has 1 aliphatic rings. The molecule has 0 spiro atoms. The van der Waals surface area contributed by atoms with E-state index in [4.69, 9.17) is 5.11 Å². The van der Waals surface area contributed by atoms with Gasteiger partial charge in [0.15, 0.2) is 0 Å². The van der Waals surface area contributed by atoms with Gasteiger partial charge in [-0.1, -0.05) is 44.2 Å². The number of carbonyl (C=O) groups excluding carboxylic acids is 1. The maximum Gasteiger partial charge on any atom is 0.307 e. The molecule has 108 valence electrons. The van der Waals surface area contributed by atoms with Crippen molar-refractivity contribution in [2.24, 2.45) is 11.8 Å². The van der Waals surface area contributed by atoms with E-state index in [0.29, 0.717) is 6.42 Å². The highest BCUT2D eigenvalue weighted by atomic mass is 16.4. The minimum absolute atomic E-state index is 0.0626. The second-order valence-corrected chi connectivity index (χ2v) is 6.10. The lowest BCUT2D eigenvalue weighted by Gasteiger charge is -2.33. The van der Waals surface area contributed by atoms with Crippen LogP contribution < -0.4 is 5.32 Å². The zero-order valence-corrected chi connectivity index (χ0v) is 12.1. The molecule has 0 bridgehead atoms. The number of hydrogen-bond acceptors (Lipinski definition) is 2. The zero-order valence-electron chi connectivity index (χ0n) is 12.1. The number of nitrogens with one attached hydrogen (secondary N) is 1. The number of carboxylic acid groups (broad SMARTS) is 1. The van der Waals surface area contributed by atoms with E-state index in [2.05, 4.69) is 19.2 Å². The minimum atomic E-state index is -0.875. The smallest absolute Gasteiger partial charge is 0.307 e. The van der Waals surface area contributed by atoms with Crippen LogP contribution in [0.5, 0.6) is 0 Å². The van der Waals surface area contributed by atoms with Gasteiger partial charge in [0.1, 0.15) is 0 Å². The quantitative estimate of drug-likeness (QED) is 0.865. The van der Waals surface area contributed by atoms with Gasteiger partial charge in [0.05, 0.1) is 11.8 Å². The van der Waals surface area contributed by atoms with Gasteiger partial charge >= 0.3 is 5.97 Å². The number of benzene rings is 1. The summed E-state index contributed by atoms with van der Waals surface area (Å²) in [5, 5.41) is 11.8. The Balaban J connectivity index is 2.00. The maximum absolute atomic E-state index is 12.0. The molecule has 4 nitrogen and oxygen atoms in total. The standard InChI is InChI=1S/C16H21NO3/c1-10(16(2,3)11-7-5-4-6-8-11)17-14(18)12-9-13(12)15(19)20/h4-8,10,12-13H,9H2,1-3H3,(H,17,18)(H,19,20). The van der Waals surface area contributed by atoms with Crippen LogP contribution in [-0.4, -0.2) is 23.0 Å². The lowest BCUT2D eigenvalue weighted by atomic mass is 9.78. The number of amides is 1. The van der Waals surface area contributed by atoms with E-state index in [0.717, 1.165) is 5.56 Å². The van der Waals surface area contributed by atoms with Crippen molar-refractivity contribution in [3.8, 4) is 0 Å².